The smallest absolute Gasteiger partial charge is 0.0443 e. The molecule has 0 fully saturated rings. The van der Waals surface area contributed by atoms with Crippen molar-refractivity contribution in [2.24, 2.45) is 0 Å². The molecule has 0 aromatic heterocycles. The molecule has 2 N–H and O–H groups in total. The van der Waals surface area contributed by atoms with Crippen molar-refractivity contribution in [1.29, 1.82) is 0 Å². The third-order valence-electron chi connectivity index (χ3n) is 3.04. The number of aliphatic hydroxyl groups excluding tert-OH is 1. The quantitative estimate of drug-likeness (QED) is 0.721. The Bertz CT molecular complexity index is 334. The first-order valence-corrected chi connectivity index (χ1v) is 6.03. The monoisotopic (exact) mass is 221 g/mol. The topological polar surface area (TPSA) is 32.3 Å². The van der Waals surface area contributed by atoms with E-state index in [1.165, 1.54) is 22.3 Å². The normalized spacial score (nSPS) is 10.8. The highest BCUT2D eigenvalue weighted by molar-refractivity contribution is 5.36. The molecule has 1 aromatic carbocycles. The van der Waals surface area contributed by atoms with E-state index in [1.807, 2.05) is 0 Å². The number of hydrogen-bond acceptors (Lipinski definition) is 2. The maximum absolute atomic E-state index is 8.65. The molecule has 0 bridgehead atoms. The molecular weight excluding hydrogens is 198 g/mol. The summed E-state index contributed by atoms with van der Waals surface area (Å²) in [6.07, 6.45) is 1.91. The summed E-state index contributed by atoms with van der Waals surface area (Å²) in [4.78, 5) is 0. The summed E-state index contributed by atoms with van der Waals surface area (Å²) < 4.78 is 0. The lowest BCUT2D eigenvalue weighted by atomic mass is 9.99. The lowest BCUT2D eigenvalue weighted by molar-refractivity contribution is 0.286. The molecule has 0 saturated heterocycles. The zero-order valence-electron chi connectivity index (χ0n) is 10.6. The molecule has 0 saturated carbocycles. The van der Waals surface area contributed by atoms with Crippen LogP contribution in [0.3, 0.4) is 0 Å². The molecule has 0 aliphatic carbocycles. The standard InChI is InChI=1S/C14H23NO/c1-11-9-13(3)14(10-12(11)2)5-7-15-6-4-8-16/h9-10,15-16H,4-8H2,1-3H3. The Morgan fingerprint density at radius 1 is 1.00 bits per heavy atom. The van der Waals surface area contributed by atoms with Gasteiger partial charge in [-0.1, -0.05) is 12.1 Å². The van der Waals surface area contributed by atoms with E-state index in [0.717, 1.165) is 25.9 Å². The summed E-state index contributed by atoms with van der Waals surface area (Å²) in [5.74, 6) is 0. The number of benzene rings is 1. The SMILES string of the molecule is Cc1cc(C)c(CCNCCCO)cc1C. The van der Waals surface area contributed by atoms with Crippen LogP contribution in [0.25, 0.3) is 0 Å². The first kappa shape index (κ1) is 13.2. The van der Waals surface area contributed by atoms with Gasteiger partial charge in [-0.05, 0) is 69.0 Å². The summed E-state index contributed by atoms with van der Waals surface area (Å²) >= 11 is 0. The van der Waals surface area contributed by atoms with Gasteiger partial charge in [-0.2, -0.15) is 0 Å². The fourth-order valence-corrected chi connectivity index (χ4v) is 1.84. The summed E-state index contributed by atoms with van der Waals surface area (Å²) in [5, 5.41) is 12.0. The number of hydrogen-bond donors (Lipinski definition) is 2. The lowest BCUT2D eigenvalue weighted by Gasteiger charge is -2.10. The summed E-state index contributed by atoms with van der Waals surface area (Å²) in [6, 6.07) is 4.55. The highest BCUT2D eigenvalue weighted by atomic mass is 16.3. The van der Waals surface area contributed by atoms with Crippen molar-refractivity contribution in [2.75, 3.05) is 19.7 Å². The molecule has 0 aliphatic rings. The van der Waals surface area contributed by atoms with Gasteiger partial charge in [0.1, 0.15) is 0 Å². The van der Waals surface area contributed by atoms with E-state index >= 15 is 0 Å². The van der Waals surface area contributed by atoms with Crippen molar-refractivity contribution >= 4 is 0 Å². The number of rotatable bonds is 6. The predicted molar refractivity (Wildman–Crippen MR) is 68.9 cm³/mol. The van der Waals surface area contributed by atoms with Crippen molar-refractivity contribution in [3.05, 3.63) is 34.4 Å². The Kier molecular flexibility index (Phi) is 5.50. The van der Waals surface area contributed by atoms with E-state index < -0.39 is 0 Å². The number of aliphatic hydroxyl groups is 1. The molecule has 2 heteroatoms. The van der Waals surface area contributed by atoms with Crippen LogP contribution in [-0.4, -0.2) is 24.8 Å². The molecular formula is C14H23NO. The fourth-order valence-electron chi connectivity index (χ4n) is 1.84. The van der Waals surface area contributed by atoms with Crippen LogP contribution in [0.1, 0.15) is 28.7 Å². The Balaban J connectivity index is 2.45. The Labute approximate surface area is 98.7 Å². The molecule has 0 unspecified atom stereocenters. The lowest BCUT2D eigenvalue weighted by Crippen LogP contribution is -2.19. The first-order chi connectivity index (χ1) is 7.65. The summed E-state index contributed by atoms with van der Waals surface area (Å²) in [6.45, 7) is 8.66. The van der Waals surface area contributed by atoms with Crippen LogP contribution in [0.2, 0.25) is 0 Å². The van der Waals surface area contributed by atoms with Crippen molar-refractivity contribution in [1.82, 2.24) is 5.32 Å². The average Bonchev–Trinajstić information content (AvgIpc) is 2.25. The average molecular weight is 221 g/mol. The molecule has 0 atom stereocenters. The highest BCUT2D eigenvalue weighted by Gasteiger charge is 2.01. The first-order valence-electron chi connectivity index (χ1n) is 6.03. The fraction of sp³-hybridized carbons (Fsp3) is 0.571. The second kappa shape index (κ2) is 6.66. The predicted octanol–water partition coefficient (Wildman–Crippen LogP) is 2.13. The highest BCUT2D eigenvalue weighted by Crippen LogP contribution is 2.15. The van der Waals surface area contributed by atoms with Gasteiger partial charge < -0.3 is 10.4 Å². The second-order valence-corrected chi connectivity index (χ2v) is 4.44. The Morgan fingerprint density at radius 3 is 2.38 bits per heavy atom. The van der Waals surface area contributed by atoms with Crippen molar-refractivity contribution < 1.29 is 5.11 Å². The van der Waals surface area contributed by atoms with Crippen molar-refractivity contribution in [3.8, 4) is 0 Å². The van der Waals surface area contributed by atoms with Crippen molar-refractivity contribution in [2.45, 2.75) is 33.6 Å². The van der Waals surface area contributed by atoms with Gasteiger partial charge in [-0.3, -0.25) is 0 Å². The molecule has 1 aromatic rings. The van der Waals surface area contributed by atoms with E-state index in [1.54, 1.807) is 0 Å². The summed E-state index contributed by atoms with van der Waals surface area (Å²) in [7, 11) is 0. The number of nitrogens with one attached hydrogen (secondary N) is 1. The van der Waals surface area contributed by atoms with Gasteiger partial charge >= 0.3 is 0 Å². The zero-order valence-corrected chi connectivity index (χ0v) is 10.6. The second-order valence-electron chi connectivity index (χ2n) is 4.44. The minimum atomic E-state index is 0.273. The minimum Gasteiger partial charge on any atom is -0.396 e. The van der Waals surface area contributed by atoms with Crippen LogP contribution in [0.5, 0.6) is 0 Å². The van der Waals surface area contributed by atoms with E-state index in [-0.39, 0.29) is 6.61 Å². The maximum Gasteiger partial charge on any atom is 0.0443 e. The van der Waals surface area contributed by atoms with Gasteiger partial charge in [0.05, 0.1) is 0 Å². The van der Waals surface area contributed by atoms with Crippen LogP contribution in [-0.2, 0) is 6.42 Å². The van der Waals surface area contributed by atoms with Gasteiger partial charge in [-0.15, -0.1) is 0 Å². The van der Waals surface area contributed by atoms with Gasteiger partial charge in [0.15, 0.2) is 0 Å². The molecule has 0 aliphatic heterocycles. The van der Waals surface area contributed by atoms with Crippen LogP contribution in [0, 0.1) is 20.8 Å². The van der Waals surface area contributed by atoms with Gasteiger partial charge in [-0.25, -0.2) is 0 Å². The Morgan fingerprint density at radius 2 is 1.69 bits per heavy atom. The van der Waals surface area contributed by atoms with Crippen LogP contribution >= 0.6 is 0 Å². The van der Waals surface area contributed by atoms with E-state index in [9.17, 15) is 0 Å². The molecule has 0 radical (unpaired) electrons. The van der Waals surface area contributed by atoms with E-state index in [4.69, 9.17) is 5.11 Å². The third-order valence-corrected chi connectivity index (χ3v) is 3.04. The molecule has 16 heavy (non-hydrogen) atoms. The molecule has 0 amide bonds. The van der Waals surface area contributed by atoms with Crippen molar-refractivity contribution in [3.63, 3.8) is 0 Å². The Hall–Kier alpha value is -0.860. The third kappa shape index (κ3) is 3.95. The molecule has 1 rings (SSSR count). The van der Waals surface area contributed by atoms with Crippen LogP contribution in [0.4, 0.5) is 0 Å². The van der Waals surface area contributed by atoms with E-state index in [0.29, 0.717) is 0 Å². The maximum atomic E-state index is 8.65. The van der Waals surface area contributed by atoms with E-state index in [2.05, 4.69) is 38.2 Å². The van der Waals surface area contributed by atoms with Crippen LogP contribution < -0.4 is 5.32 Å². The van der Waals surface area contributed by atoms with Gasteiger partial charge in [0.25, 0.3) is 0 Å². The molecule has 0 heterocycles. The van der Waals surface area contributed by atoms with Crippen LogP contribution in [0.15, 0.2) is 12.1 Å². The molecule has 90 valence electrons. The molecule has 2 nitrogen and oxygen atoms in total. The number of aryl methyl sites for hydroxylation is 3. The largest absolute Gasteiger partial charge is 0.396 e. The van der Waals surface area contributed by atoms with Gasteiger partial charge in [0, 0.05) is 6.61 Å². The summed E-state index contributed by atoms with van der Waals surface area (Å²) in [5.41, 5.74) is 5.55. The van der Waals surface area contributed by atoms with Gasteiger partial charge in [0.2, 0.25) is 0 Å². The molecule has 0 spiro atoms. The minimum absolute atomic E-state index is 0.273. The zero-order chi connectivity index (χ0) is 12.0.